The number of hydrogen-bond acceptors (Lipinski definition) is 5. The first-order chi connectivity index (χ1) is 10.6. The van der Waals surface area contributed by atoms with E-state index < -0.39 is 0 Å². The summed E-state index contributed by atoms with van der Waals surface area (Å²) in [4.78, 5) is 14.3. The van der Waals surface area contributed by atoms with Gasteiger partial charge in [-0.05, 0) is 54.5 Å². The second kappa shape index (κ2) is 6.66. The molecule has 1 aliphatic heterocycles. The number of hydrogen-bond donors (Lipinski definition) is 0. The van der Waals surface area contributed by atoms with Crippen molar-refractivity contribution in [1.82, 2.24) is 25.1 Å². The van der Waals surface area contributed by atoms with E-state index in [0.29, 0.717) is 10.2 Å². The number of nitrogens with zero attached hydrogens (tertiary/aromatic N) is 5. The molecule has 1 saturated heterocycles. The zero-order chi connectivity index (χ0) is 15.5. The minimum atomic E-state index is -0.213. The van der Waals surface area contributed by atoms with Crippen molar-refractivity contribution in [2.24, 2.45) is 0 Å². The van der Waals surface area contributed by atoms with Gasteiger partial charge in [0.15, 0.2) is 0 Å². The molecule has 0 radical (unpaired) electrons. The number of rotatable bonds is 4. The molecule has 1 amide bonds. The molecular weight excluding hydrogens is 322 g/mol. The molecule has 0 saturated carbocycles. The smallest absolute Gasteiger partial charge is 0.235 e. The summed E-state index contributed by atoms with van der Waals surface area (Å²) >= 11 is 7.27. The molecule has 0 aliphatic carbocycles. The Morgan fingerprint density at radius 3 is 2.64 bits per heavy atom. The summed E-state index contributed by atoms with van der Waals surface area (Å²) in [7, 11) is 0. The number of aromatic nitrogens is 4. The highest BCUT2D eigenvalue weighted by atomic mass is 35.5. The van der Waals surface area contributed by atoms with E-state index in [1.807, 2.05) is 24.0 Å². The fourth-order valence-electron chi connectivity index (χ4n) is 2.40. The summed E-state index contributed by atoms with van der Waals surface area (Å²) in [6.07, 6.45) is 2.18. The highest BCUT2D eigenvalue weighted by Crippen LogP contribution is 2.25. The Morgan fingerprint density at radius 2 is 1.95 bits per heavy atom. The molecule has 2 heterocycles. The zero-order valence-electron chi connectivity index (χ0n) is 12.1. The maximum atomic E-state index is 12.4. The molecular formula is C14H16ClN5OS. The Kier molecular flexibility index (Phi) is 4.63. The average molecular weight is 338 g/mol. The Labute approximate surface area is 137 Å². The van der Waals surface area contributed by atoms with Crippen LogP contribution in [-0.2, 0) is 4.79 Å². The number of thioether (sulfide) groups is 1. The lowest BCUT2D eigenvalue weighted by atomic mass is 10.3. The molecule has 116 valence electrons. The molecule has 6 nitrogen and oxygen atoms in total. The maximum absolute atomic E-state index is 12.4. The molecule has 0 bridgehead atoms. The molecule has 0 spiro atoms. The lowest BCUT2D eigenvalue weighted by Crippen LogP contribution is -2.34. The summed E-state index contributed by atoms with van der Waals surface area (Å²) in [5, 5.41) is 12.8. The first kappa shape index (κ1) is 15.3. The van der Waals surface area contributed by atoms with Crippen LogP contribution in [0.25, 0.3) is 5.69 Å². The van der Waals surface area contributed by atoms with Crippen molar-refractivity contribution in [2.45, 2.75) is 30.2 Å². The Morgan fingerprint density at radius 1 is 1.27 bits per heavy atom. The fourth-order valence-corrected chi connectivity index (χ4v) is 3.42. The van der Waals surface area contributed by atoms with Crippen molar-refractivity contribution in [1.29, 1.82) is 0 Å². The van der Waals surface area contributed by atoms with Crippen molar-refractivity contribution in [3.63, 3.8) is 0 Å². The predicted molar refractivity (Wildman–Crippen MR) is 85.3 cm³/mol. The lowest BCUT2D eigenvalue weighted by Gasteiger charge is -2.19. The second-order valence-corrected chi connectivity index (χ2v) is 6.89. The third-order valence-corrected chi connectivity index (χ3v) is 4.83. The van der Waals surface area contributed by atoms with Gasteiger partial charge in [0.05, 0.1) is 10.9 Å². The molecule has 22 heavy (non-hydrogen) atoms. The van der Waals surface area contributed by atoms with Crippen LogP contribution in [0.2, 0.25) is 5.02 Å². The highest BCUT2D eigenvalue weighted by molar-refractivity contribution is 8.00. The van der Waals surface area contributed by atoms with Gasteiger partial charge in [0.1, 0.15) is 0 Å². The van der Waals surface area contributed by atoms with Crippen LogP contribution in [0.4, 0.5) is 0 Å². The van der Waals surface area contributed by atoms with E-state index in [-0.39, 0.29) is 11.2 Å². The number of halogens is 1. The average Bonchev–Trinajstić information content (AvgIpc) is 3.18. The predicted octanol–water partition coefficient (Wildman–Crippen LogP) is 2.42. The van der Waals surface area contributed by atoms with Crippen LogP contribution in [0, 0.1) is 0 Å². The molecule has 1 aromatic carbocycles. The lowest BCUT2D eigenvalue weighted by molar-refractivity contribution is -0.129. The summed E-state index contributed by atoms with van der Waals surface area (Å²) in [5.74, 6) is 0.146. The fraction of sp³-hybridized carbons (Fsp3) is 0.429. The standard InChI is InChI=1S/C14H16ClN5OS/c1-10(13(21)19-8-2-3-9-19)22-14-16-17-18-20(14)12-6-4-11(15)5-7-12/h4-7,10H,2-3,8-9H2,1H3/t10-/m0/s1. The van der Waals surface area contributed by atoms with E-state index >= 15 is 0 Å². The quantitative estimate of drug-likeness (QED) is 0.802. The molecule has 0 unspecified atom stereocenters. The van der Waals surface area contributed by atoms with Crippen LogP contribution in [0.15, 0.2) is 29.4 Å². The van der Waals surface area contributed by atoms with Gasteiger partial charge < -0.3 is 4.90 Å². The number of carbonyl (C=O) groups is 1. The summed E-state index contributed by atoms with van der Waals surface area (Å²) in [6.45, 7) is 3.60. The first-order valence-corrected chi connectivity index (χ1v) is 8.40. The Hall–Kier alpha value is -1.60. The molecule has 0 N–H and O–H groups in total. The van der Waals surface area contributed by atoms with Gasteiger partial charge in [-0.15, -0.1) is 5.10 Å². The topological polar surface area (TPSA) is 63.9 Å². The van der Waals surface area contributed by atoms with Crippen molar-refractivity contribution < 1.29 is 4.79 Å². The monoisotopic (exact) mass is 337 g/mol. The number of tetrazole rings is 1. The number of benzene rings is 1. The van der Waals surface area contributed by atoms with E-state index in [4.69, 9.17) is 11.6 Å². The SMILES string of the molecule is C[C@H](Sc1nnnn1-c1ccc(Cl)cc1)C(=O)N1CCCC1. The van der Waals surface area contributed by atoms with E-state index in [9.17, 15) is 4.79 Å². The highest BCUT2D eigenvalue weighted by Gasteiger charge is 2.25. The summed E-state index contributed by atoms with van der Waals surface area (Å²) in [5.41, 5.74) is 0.817. The van der Waals surface area contributed by atoms with Crippen LogP contribution in [-0.4, -0.2) is 49.4 Å². The van der Waals surface area contributed by atoms with E-state index in [2.05, 4.69) is 15.5 Å². The molecule has 1 aliphatic rings. The van der Waals surface area contributed by atoms with E-state index in [1.165, 1.54) is 11.8 Å². The minimum Gasteiger partial charge on any atom is -0.342 e. The van der Waals surface area contributed by atoms with Gasteiger partial charge in [-0.2, -0.15) is 4.68 Å². The molecule has 1 fully saturated rings. The van der Waals surface area contributed by atoms with Crippen molar-refractivity contribution in [2.75, 3.05) is 13.1 Å². The first-order valence-electron chi connectivity index (χ1n) is 7.15. The van der Waals surface area contributed by atoms with Crippen LogP contribution in [0.3, 0.4) is 0 Å². The van der Waals surface area contributed by atoms with Gasteiger partial charge in [0.2, 0.25) is 11.1 Å². The van der Waals surface area contributed by atoms with Gasteiger partial charge in [0, 0.05) is 18.1 Å². The third kappa shape index (κ3) is 3.25. The van der Waals surface area contributed by atoms with Crippen molar-refractivity contribution in [3.8, 4) is 5.69 Å². The molecule has 1 aromatic heterocycles. The summed E-state index contributed by atoms with van der Waals surface area (Å²) in [6, 6.07) is 7.25. The van der Waals surface area contributed by atoms with E-state index in [1.54, 1.807) is 16.8 Å². The van der Waals surface area contributed by atoms with Gasteiger partial charge in [-0.1, -0.05) is 23.4 Å². The van der Waals surface area contributed by atoms with Gasteiger partial charge in [0.25, 0.3) is 0 Å². The normalized spacial score (nSPS) is 16.0. The largest absolute Gasteiger partial charge is 0.342 e. The number of amides is 1. The van der Waals surface area contributed by atoms with Gasteiger partial charge in [-0.25, -0.2) is 0 Å². The number of carbonyl (C=O) groups excluding carboxylic acids is 1. The van der Waals surface area contributed by atoms with E-state index in [0.717, 1.165) is 31.6 Å². The van der Waals surface area contributed by atoms with Crippen LogP contribution in [0.5, 0.6) is 0 Å². The second-order valence-electron chi connectivity index (χ2n) is 5.14. The summed E-state index contributed by atoms with van der Waals surface area (Å²) < 4.78 is 1.62. The third-order valence-electron chi connectivity index (χ3n) is 3.56. The maximum Gasteiger partial charge on any atom is 0.235 e. The molecule has 1 atom stereocenters. The minimum absolute atomic E-state index is 0.146. The Bertz CT molecular complexity index is 654. The number of likely N-dealkylation sites (tertiary alicyclic amines) is 1. The van der Waals surface area contributed by atoms with Crippen molar-refractivity contribution in [3.05, 3.63) is 29.3 Å². The van der Waals surface area contributed by atoms with Crippen LogP contribution < -0.4 is 0 Å². The molecule has 8 heteroatoms. The molecule has 3 rings (SSSR count). The van der Waals surface area contributed by atoms with Crippen LogP contribution in [0.1, 0.15) is 19.8 Å². The van der Waals surface area contributed by atoms with Gasteiger partial charge in [-0.3, -0.25) is 4.79 Å². The Balaban J connectivity index is 1.74. The molecule has 2 aromatic rings. The van der Waals surface area contributed by atoms with Gasteiger partial charge >= 0.3 is 0 Å². The van der Waals surface area contributed by atoms with Crippen LogP contribution >= 0.6 is 23.4 Å². The zero-order valence-corrected chi connectivity index (χ0v) is 13.7. The van der Waals surface area contributed by atoms with Crippen molar-refractivity contribution >= 4 is 29.3 Å².